The number of hydrogen-bond donors (Lipinski definition) is 1. The van der Waals surface area contributed by atoms with E-state index >= 15 is 0 Å². The molecule has 0 saturated carbocycles. The number of aromatic nitrogens is 1. The Morgan fingerprint density at radius 3 is 2.41 bits per heavy atom. The third kappa shape index (κ3) is 4.20. The van der Waals surface area contributed by atoms with E-state index in [1.807, 2.05) is 29.8 Å². The van der Waals surface area contributed by atoms with Gasteiger partial charge in [0, 0.05) is 34.9 Å². The predicted molar refractivity (Wildman–Crippen MR) is 105 cm³/mol. The lowest BCUT2D eigenvalue weighted by Gasteiger charge is -2.14. The van der Waals surface area contributed by atoms with E-state index in [1.54, 1.807) is 29.7 Å². The van der Waals surface area contributed by atoms with Gasteiger partial charge in [-0.1, -0.05) is 6.07 Å². The summed E-state index contributed by atoms with van der Waals surface area (Å²) in [5, 5.41) is 4.92. The van der Waals surface area contributed by atoms with E-state index in [2.05, 4.69) is 10.3 Å². The summed E-state index contributed by atoms with van der Waals surface area (Å²) in [5.41, 5.74) is 2.37. The van der Waals surface area contributed by atoms with Crippen LogP contribution in [0.25, 0.3) is 10.4 Å². The average Bonchev–Trinajstić information content (AvgIpc) is 3.26. The van der Waals surface area contributed by atoms with Crippen LogP contribution in [0.1, 0.15) is 15.9 Å². The van der Waals surface area contributed by atoms with E-state index in [4.69, 9.17) is 14.2 Å². The first-order chi connectivity index (χ1) is 13.2. The van der Waals surface area contributed by atoms with Crippen molar-refractivity contribution in [1.29, 1.82) is 0 Å². The van der Waals surface area contributed by atoms with Gasteiger partial charge in [-0.2, -0.15) is 0 Å². The number of nitrogens with zero attached hydrogens (tertiary/aromatic N) is 1. The molecule has 0 fully saturated rings. The minimum absolute atomic E-state index is 0.240. The van der Waals surface area contributed by atoms with Gasteiger partial charge < -0.3 is 19.5 Å². The van der Waals surface area contributed by atoms with E-state index in [1.165, 1.54) is 21.3 Å². The first-order valence-corrected chi connectivity index (χ1v) is 9.10. The van der Waals surface area contributed by atoms with Crippen LogP contribution < -0.4 is 19.5 Å². The molecule has 0 atom stereocenters. The Bertz CT molecular complexity index is 900. The Morgan fingerprint density at radius 1 is 1.07 bits per heavy atom. The highest BCUT2D eigenvalue weighted by molar-refractivity contribution is 7.13. The molecule has 0 aliphatic carbocycles. The molecule has 0 radical (unpaired) electrons. The highest BCUT2D eigenvalue weighted by Gasteiger charge is 2.17. The van der Waals surface area contributed by atoms with Gasteiger partial charge >= 0.3 is 0 Å². The molecular weight excluding hydrogens is 364 g/mol. The second-order valence-corrected chi connectivity index (χ2v) is 6.60. The zero-order chi connectivity index (χ0) is 19.2. The molecule has 27 heavy (non-hydrogen) atoms. The first-order valence-electron chi connectivity index (χ1n) is 8.22. The van der Waals surface area contributed by atoms with Crippen molar-refractivity contribution >= 4 is 17.2 Å². The summed E-state index contributed by atoms with van der Waals surface area (Å²) >= 11 is 1.65. The van der Waals surface area contributed by atoms with Crippen LogP contribution in [0, 0.1) is 0 Å². The molecule has 0 bridgehead atoms. The second-order valence-electron chi connectivity index (χ2n) is 5.66. The quantitative estimate of drug-likeness (QED) is 0.672. The van der Waals surface area contributed by atoms with E-state index < -0.39 is 0 Å². The van der Waals surface area contributed by atoms with Crippen LogP contribution in [0.5, 0.6) is 17.2 Å². The van der Waals surface area contributed by atoms with E-state index in [-0.39, 0.29) is 5.91 Å². The number of thiophene rings is 1. The SMILES string of the molecule is COc1cc(C(=O)NCc2cncc(-c3cccs3)c2)cc(OC)c1OC. The number of carbonyl (C=O) groups is 1. The van der Waals surface area contributed by atoms with Crippen LogP contribution in [0.3, 0.4) is 0 Å². The third-order valence-electron chi connectivity index (χ3n) is 3.98. The van der Waals surface area contributed by atoms with Crippen LogP contribution >= 0.6 is 11.3 Å². The lowest BCUT2D eigenvalue weighted by molar-refractivity contribution is 0.0950. The van der Waals surface area contributed by atoms with Crippen molar-refractivity contribution in [2.75, 3.05) is 21.3 Å². The van der Waals surface area contributed by atoms with E-state index in [0.717, 1.165) is 16.0 Å². The standard InChI is InChI=1S/C20H20N2O4S/c1-24-16-8-14(9-17(25-2)19(16)26-3)20(23)22-11-13-7-15(12-21-10-13)18-5-4-6-27-18/h4-10,12H,11H2,1-3H3,(H,22,23). The monoisotopic (exact) mass is 384 g/mol. The van der Waals surface area contributed by atoms with Crippen LogP contribution in [0.4, 0.5) is 0 Å². The largest absolute Gasteiger partial charge is 0.493 e. The van der Waals surface area contributed by atoms with Crippen molar-refractivity contribution in [3.05, 3.63) is 59.2 Å². The smallest absolute Gasteiger partial charge is 0.251 e. The molecule has 0 aliphatic heterocycles. The minimum atomic E-state index is -0.240. The zero-order valence-electron chi connectivity index (χ0n) is 15.3. The van der Waals surface area contributed by atoms with E-state index in [0.29, 0.717) is 29.4 Å². The Balaban J connectivity index is 1.76. The fraction of sp³-hybridized carbons (Fsp3) is 0.200. The predicted octanol–water partition coefficient (Wildman–Crippen LogP) is 3.77. The maximum Gasteiger partial charge on any atom is 0.251 e. The molecule has 2 aromatic heterocycles. The minimum Gasteiger partial charge on any atom is -0.493 e. The van der Waals surface area contributed by atoms with Gasteiger partial charge in [-0.25, -0.2) is 0 Å². The number of nitrogens with one attached hydrogen (secondary N) is 1. The molecule has 1 amide bonds. The van der Waals surface area contributed by atoms with Gasteiger partial charge in [0.15, 0.2) is 11.5 Å². The molecule has 0 unspecified atom stereocenters. The molecule has 0 aliphatic rings. The number of carbonyl (C=O) groups excluding carboxylic acids is 1. The van der Waals surface area contributed by atoms with Crippen molar-refractivity contribution in [2.24, 2.45) is 0 Å². The van der Waals surface area contributed by atoms with Gasteiger partial charge in [0.2, 0.25) is 5.75 Å². The highest BCUT2D eigenvalue weighted by atomic mass is 32.1. The summed E-state index contributed by atoms with van der Waals surface area (Å²) in [6.07, 6.45) is 3.56. The van der Waals surface area contributed by atoms with Crippen molar-refractivity contribution in [1.82, 2.24) is 10.3 Å². The molecule has 6 nitrogen and oxygen atoms in total. The maximum atomic E-state index is 12.6. The molecule has 140 valence electrons. The summed E-state index contributed by atoms with van der Waals surface area (Å²) < 4.78 is 15.9. The summed E-state index contributed by atoms with van der Waals surface area (Å²) in [6, 6.07) is 9.31. The number of methoxy groups -OCH3 is 3. The first kappa shape index (κ1) is 18.7. The number of amides is 1. The maximum absolute atomic E-state index is 12.6. The fourth-order valence-electron chi connectivity index (χ4n) is 2.66. The number of ether oxygens (including phenoxy) is 3. The van der Waals surface area contributed by atoms with Crippen molar-refractivity contribution in [3.8, 4) is 27.7 Å². The van der Waals surface area contributed by atoms with Gasteiger partial charge in [-0.15, -0.1) is 11.3 Å². The van der Waals surface area contributed by atoms with Gasteiger partial charge in [0.1, 0.15) is 0 Å². The average molecular weight is 384 g/mol. The lowest BCUT2D eigenvalue weighted by Crippen LogP contribution is -2.23. The third-order valence-corrected chi connectivity index (χ3v) is 4.90. The summed E-state index contributed by atoms with van der Waals surface area (Å²) in [7, 11) is 4.55. The van der Waals surface area contributed by atoms with Gasteiger partial charge in [-0.05, 0) is 35.2 Å². The molecule has 3 aromatic rings. The summed E-state index contributed by atoms with van der Waals surface area (Å²) in [6.45, 7) is 0.363. The summed E-state index contributed by atoms with van der Waals surface area (Å²) in [5.74, 6) is 1.08. The topological polar surface area (TPSA) is 69.7 Å². The van der Waals surface area contributed by atoms with Crippen LogP contribution in [-0.4, -0.2) is 32.2 Å². The van der Waals surface area contributed by atoms with Gasteiger partial charge in [0.25, 0.3) is 5.91 Å². The molecule has 0 spiro atoms. The molecule has 1 aromatic carbocycles. The Hall–Kier alpha value is -3.06. The van der Waals surface area contributed by atoms with Gasteiger partial charge in [0.05, 0.1) is 21.3 Å². The second kappa shape index (κ2) is 8.55. The molecule has 2 heterocycles. The van der Waals surface area contributed by atoms with Crippen LogP contribution in [-0.2, 0) is 6.54 Å². The highest BCUT2D eigenvalue weighted by Crippen LogP contribution is 2.38. The Kier molecular flexibility index (Phi) is 5.93. The number of hydrogen-bond acceptors (Lipinski definition) is 6. The van der Waals surface area contributed by atoms with E-state index in [9.17, 15) is 4.79 Å². The normalized spacial score (nSPS) is 10.3. The Morgan fingerprint density at radius 2 is 1.81 bits per heavy atom. The van der Waals surface area contributed by atoms with Crippen LogP contribution in [0.15, 0.2) is 48.1 Å². The van der Waals surface area contributed by atoms with Crippen molar-refractivity contribution in [3.63, 3.8) is 0 Å². The molecular formula is C20H20N2O4S. The molecule has 0 saturated heterocycles. The van der Waals surface area contributed by atoms with Gasteiger partial charge in [-0.3, -0.25) is 9.78 Å². The number of pyridine rings is 1. The van der Waals surface area contributed by atoms with Crippen molar-refractivity contribution < 1.29 is 19.0 Å². The Labute approximate surface area is 161 Å². The molecule has 7 heteroatoms. The lowest BCUT2D eigenvalue weighted by atomic mass is 10.1. The van der Waals surface area contributed by atoms with Crippen molar-refractivity contribution in [2.45, 2.75) is 6.54 Å². The number of rotatable bonds is 7. The fourth-order valence-corrected chi connectivity index (χ4v) is 3.37. The zero-order valence-corrected chi connectivity index (χ0v) is 16.1. The molecule has 1 N–H and O–H groups in total. The van der Waals surface area contributed by atoms with Crippen LogP contribution in [0.2, 0.25) is 0 Å². The summed E-state index contributed by atoms with van der Waals surface area (Å²) in [4.78, 5) is 18.0. The molecule has 3 rings (SSSR count). The number of benzene rings is 1.